The minimum atomic E-state index is -3.08. The molecule has 24 heavy (non-hydrogen) atoms. The predicted molar refractivity (Wildman–Crippen MR) is 94.9 cm³/mol. The Morgan fingerprint density at radius 3 is 2.79 bits per heavy atom. The lowest BCUT2D eigenvalue weighted by Gasteiger charge is -2.25. The lowest BCUT2D eigenvalue weighted by molar-refractivity contribution is -0.116. The van der Waals surface area contributed by atoms with E-state index in [1.54, 1.807) is 6.07 Å². The van der Waals surface area contributed by atoms with Crippen molar-refractivity contribution in [2.75, 3.05) is 16.4 Å². The summed E-state index contributed by atoms with van der Waals surface area (Å²) in [4.78, 5) is 17.7. The molecule has 6 nitrogen and oxygen atoms in total. The molecule has 1 aromatic carbocycles. The zero-order valence-corrected chi connectivity index (χ0v) is 15.0. The maximum absolute atomic E-state index is 12.0. The minimum absolute atomic E-state index is 0.0586. The van der Waals surface area contributed by atoms with Crippen molar-refractivity contribution in [3.05, 3.63) is 29.3 Å². The van der Waals surface area contributed by atoms with Crippen molar-refractivity contribution in [2.45, 2.75) is 31.6 Å². The zero-order valence-electron chi connectivity index (χ0n) is 13.4. The fourth-order valence-corrected chi connectivity index (χ4v) is 6.89. The first-order valence-electron chi connectivity index (χ1n) is 7.53. The maximum Gasteiger partial charge on any atom is 0.262 e. The van der Waals surface area contributed by atoms with Gasteiger partial charge < -0.3 is 4.90 Å². The first kappa shape index (κ1) is 17.0. The Bertz CT molecular complexity index is 871. The number of aryl methyl sites for hydroxylation is 2. The fourth-order valence-electron chi connectivity index (χ4n) is 2.96. The second kappa shape index (κ2) is 6.22. The van der Waals surface area contributed by atoms with Crippen LogP contribution in [0.5, 0.6) is 0 Å². The number of aliphatic imine (C=N–C) groups is 1. The number of fused-ring (bicyclic) bond motifs is 1. The summed E-state index contributed by atoms with van der Waals surface area (Å²) in [7, 11) is -3.08. The molecular weight excluding hydrogens is 346 g/mol. The quantitative estimate of drug-likeness (QED) is 0.796. The van der Waals surface area contributed by atoms with Crippen LogP contribution >= 0.6 is 11.8 Å². The molecular formula is C16H17N3O3S2. The Morgan fingerprint density at radius 2 is 2.12 bits per heavy atom. The summed E-state index contributed by atoms with van der Waals surface area (Å²) in [6, 6.07) is 7.44. The lowest BCUT2D eigenvalue weighted by atomic mass is 10.1. The highest BCUT2D eigenvalue weighted by atomic mass is 32.2. The van der Waals surface area contributed by atoms with Gasteiger partial charge in [0.1, 0.15) is 6.42 Å². The Morgan fingerprint density at radius 1 is 1.38 bits per heavy atom. The number of anilines is 1. The molecule has 0 N–H and O–H groups in total. The first-order chi connectivity index (χ1) is 11.3. The molecule has 0 aromatic heterocycles. The molecule has 0 radical (unpaired) electrons. The molecule has 2 atom stereocenters. The number of rotatable bonds is 2. The zero-order chi connectivity index (χ0) is 17.5. The van der Waals surface area contributed by atoms with Crippen molar-refractivity contribution in [3.63, 3.8) is 0 Å². The maximum atomic E-state index is 12.0. The van der Waals surface area contributed by atoms with E-state index in [2.05, 4.69) is 4.99 Å². The highest BCUT2D eigenvalue weighted by Gasteiger charge is 2.49. The molecule has 2 saturated heterocycles. The number of nitriles is 1. The Balaban J connectivity index is 2.03. The highest BCUT2D eigenvalue weighted by Crippen LogP contribution is 2.41. The van der Waals surface area contributed by atoms with Crippen LogP contribution in [0, 0.1) is 25.2 Å². The van der Waals surface area contributed by atoms with Crippen molar-refractivity contribution >= 4 is 38.4 Å². The smallest absolute Gasteiger partial charge is 0.262 e. The minimum Gasteiger partial charge on any atom is -0.316 e. The number of amidine groups is 1. The van der Waals surface area contributed by atoms with Gasteiger partial charge in [-0.25, -0.2) is 8.42 Å². The van der Waals surface area contributed by atoms with Gasteiger partial charge in [0.25, 0.3) is 5.91 Å². The van der Waals surface area contributed by atoms with Gasteiger partial charge in [-0.3, -0.25) is 4.79 Å². The average molecular weight is 363 g/mol. The Hall–Kier alpha value is -1.85. The van der Waals surface area contributed by atoms with E-state index in [1.165, 1.54) is 11.8 Å². The van der Waals surface area contributed by atoms with Gasteiger partial charge in [-0.2, -0.15) is 10.3 Å². The van der Waals surface area contributed by atoms with Gasteiger partial charge in [0.05, 0.1) is 23.6 Å². The third-order valence-corrected chi connectivity index (χ3v) is 7.50. The number of sulfone groups is 1. The van der Waals surface area contributed by atoms with E-state index in [0.29, 0.717) is 5.17 Å². The number of thioether (sulfide) groups is 1. The SMILES string of the molecule is Cc1ccc(N2C(=NC(=O)CC#N)S[C@@H]3CS(=O)(=O)C[C@H]32)cc1C. The molecule has 0 spiro atoms. The van der Waals surface area contributed by atoms with E-state index in [9.17, 15) is 13.2 Å². The summed E-state index contributed by atoms with van der Waals surface area (Å²) in [6.07, 6.45) is -0.279. The van der Waals surface area contributed by atoms with E-state index in [0.717, 1.165) is 16.8 Å². The molecule has 126 valence electrons. The standard InChI is InChI=1S/C16H17N3O3S2/c1-10-3-4-12(7-11(10)2)19-13-8-24(21,22)9-14(13)23-16(19)18-15(20)5-6-17/h3-4,7,13-14H,5,8-9H2,1-2H3/t13-,14-/m1/s1. The highest BCUT2D eigenvalue weighted by molar-refractivity contribution is 8.16. The van der Waals surface area contributed by atoms with E-state index in [1.807, 2.05) is 36.9 Å². The average Bonchev–Trinajstić information content (AvgIpc) is 2.93. The van der Waals surface area contributed by atoms with E-state index in [-0.39, 0.29) is 29.2 Å². The van der Waals surface area contributed by atoms with Crippen LogP contribution in [0.1, 0.15) is 17.5 Å². The second-order valence-electron chi connectivity index (χ2n) is 6.06. The summed E-state index contributed by atoms with van der Waals surface area (Å²) in [5.41, 5.74) is 3.06. The summed E-state index contributed by atoms with van der Waals surface area (Å²) < 4.78 is 24.0. The van der Waals surface area contributed by atoms with Crippen LogP contribution in [-0.4, -0.2) is 42.3 Å². The van der Waals surface area contributed by atoms with Gasteiger partial charge >= 0.3 is 0 Å². The number of amides is 1. The van der Waals surface area contributed by atoms with Crippen LogP contribution in [0.2, 0.25) is 0 Å². The van der Waals surface area contributed by atoms with Gasteiger partial charge in [0.2, 0.25) is 0 Å². The van der Waals surface area contributed by atoms with Gasteiger partial charge in [0.15, 0.2) is 15.0 Å². The molecule has 1 aromatic rings. The molecule has 0 aliphatic carbocycles. The third-order valence-electron chi connectivity index (χ3n) is 4.29. The molecule has 2 heterocycles. The second-order valence-corrected chi connectivity index (χ2v) is 9.42. The van der Waals surface area contributed by atoms with E-state index >= 15 is 0 Å². The van der Waals surface area contributed by atoms with Crippen molar-refractivity contribution in [2.24, 2.45) is 4.99 Å². The van der Waals surface area contributed by atoms with Crippen LogP contribution in [0.3, 0.4) is 0 Å². The lowest BCUT2D eigenvalue weighted by Crippen LogP contribution is -2.37. The largest absolute Gasteiger partial charge is 0.316 e. The molecule has 0 saturated carbocycles. The molecule has 8 heteroatoms. The van der Waals surface area contributed by atoms with Crippen molar-refractivity contribution in [3.8, 4) is 6.07 Å². The molecule has 2 aliphatic rings. The van der Waals surface area contributed by atoms with Crippen molar-refractivity contribution in [1.82, 2.24) is 0 Å². The number of carbonyl (C=O) groups is 1. The summed E-state index contributed by atoms with van der Waals surface area (Å²) in [6.45, 7) is 3.99. The summed E-state index contributed by atoms with van der Waals surface area (Å²) >= 11 is 1.32. The number of hydrogen-bond acceptors (Lipinski definition) is 5. The molecule has 2 aliphatic heterocycles. The van der Waals surface area contributed by atoms with Crippen molar-refractivity contribution < 1.29 is 13.2 Å². The number of hydrogen-bond donors (Lipinski definition) is 0. The topological polar surface area (TPSA) is 90.6 Å². The molecule has 0 bridgehead atoms. The Kier molecular flexibility index (Phi) is 4.40. The molecule has 2 fully saturated rings. The number of carbonyl (C=O) groups excluding carboxylic acids is 1. The van der Waals surface area contributed by atoms with Crippen molar-refractivity contribution in [1.29, 1.82) is 5.26 Å². The Labute approximate surface area is 145 Å². The van der Waals surface area contributed by atoms with E-state index < -0.39 is 15.7 Å². The van der Waals surface area contributed by atoms with Crippen LogP contribution in [0.15, 0.2) is 23.2 Å². The molecule has 1 amide bonds. The fraction of sp³-hybridized carbons (Fsp3) is 0.438. The predicted octanol–water partition coefficient (Wildman–Crippen LogP) is 1.82. The molecule has 3 rings (SSSR count). The monoisotopic (exact) mass is 363 g/mol. The van der Waals surface area contributed by atoms with Gasteiger partial charge in [0, 0.05) is 10.9 Å². The summed E-state index contributed by atoms with van der Waals surface area (Å²) in [5, 5.41) is 9.01. The summed E-state index contributed by atoms with van der Waals surface area (Å²) in [5.74, 6) is -0.352. The van der Waals surface area contributed by atoms with Gasteiger partial charge in [-0.05, 0) is 37.1 Å². The molecule has 0 unspecified atom stereocenters. The number of benzene rings is 1. The van der Waals surface area contributed by atoms with Gasteiger partial charge in [-0.15, -0.1) is 0 Å². The number of nitrogens with zero attached hydrogens (tertiary/aromatic N) is 3. The normalized spacial score (nSPS) is 26.4. The van der Waals surface area contributed by atoms with Crippen LogP contribution in [0.4, 0.5) is 5.69 Å². The van der Waals surface area contributed by atoms with Crippen LogP contribution in [-0.2, 0) is 14.6 Å². The van der Waals surface area contributed by atoms with Gasteiger partial charge in [-0.1, -0.05) is 17.8 Å². The van der Waals surface area contributed by atoms with E-state index in [4.69, 9.17) is 5.26 Å². The van der Waals surface area contributed by atoms with Crippen LogP contribution < -0.4 is 4.90 Å². The third kappa shape index (κ3) is 3.19. The first-order valence-corrected chi connectivity index (χ1v) is 10.2. The van der Waals surface area contributed by atoms with Crippen LogP contribution in [0.25, 0.3) is 0 Å².